The van der Waals surface area contributed by atoms with Gasteiger partial charge >= 0.3 is 0 Å². The van der Waals surface area contributed by atoms with E-state index in [1.165, 1.54) is 32.6 Å². The van der Waals surface area contributed by atoms with Gasteiger partial charge in [-0.25, -0.2) is 17.9 Å². The Morgan fingerprint density at radius 3 is 2.71 bits per heavy atom. The van der Waals surface area contributed by atoms with Gasteiger partial charge < -0.3 is 0 Å². The van der Waals surface area contributed by atoms with Crippen molar-refractivity contribution in [2.75, 3.05) is 13.1 Å². The second kappa shape index (κ2) is 7.00. The van der Waals surface area contributed by atoms with Gasteiger partial charge in [-0.3, -0.25) is 4.68 Å². The average molecular weight is 399 g/mol. The first-order valence-corrected chi connectivity index (χ1v) is 10.6. The predicted molar refractivity (Wildman–Crippen MR) is 101 cm³/mol. The highest BCUT2D eigenvalue weighted by molar-refractivity contribution is 7.89. The fraction of sp³-hybridized carbons (Fsp3) is 0.444. The Labute approximate surface area is 163 Å². The molecule has 1 aliphatic rings. The second-order valence-electron chi connectivity index (χ2n) is 6.94. The van der Waals surface area contributed by atoms with Crippen LogP contribution in [0.2, 0.25) is 0 Å². The van der Waals surface area contributed by atoms with Crippen LogP contribution in [-0.2, 0) is 23.5 Å². The van der Waals surface area contributed by atoms with E-state index in [0.29, 0.717) is 25.9 Å². The standard InChI is InChI=1S/C18H21N7O2S/c1-3-13-8-18-20-12-22-25(18)11-15(13)14-4-6-24(7-5-14)28(26,27)17-10-21-23(2)16(17)9-19/h8,10-12,14H,3-7H2,1-2H3. The molecule has 0 atom stereocenters. The van der Waals surface area contributed by atoms with Crippen LogP contribution in [-0.4, -0.2) is 50.2 Å². The first-order valence-electron chi connectivity index (χ1n) is 9.20. The van der Waals surface area contributed by atoms with E-state index in [9.17, 15) is 13.7 Å². The number of aromatic nitrogens is 5. The number of sulfonamides is 1. The molecule has 4 rings (SSSR count). The number of nitrogens with zero attached hydrogens (tertiary/aromatic N) is 7. The van der Waals surface area contributed by atoms with Crippen LogP contribution in [0.15, 0.2) is 29.7 Å². The third-order valence-electron chi connectivity index (χ3n) is 5.44. The van der Waals surface area contributed by atoms with Crippen molar-refractivity contribution in [1.82, 2.24) is 28.7 Å². The largest absolute Gasteiger partial charge is 0.257 e. The number of aryl methyl sites for hydroxylation is 2. The van der Waals surface area contributed by atoms with Gasteiger partial charge in [-0.05, 0) is 42.4 Å². The first kappa shape index (κ1) is 18.6. The fourth-order valence-electron chi connectivity index (χ4n) is 3.87. The van der Waals surface area contributed by atoms with Gasteiger partial charge in [0.25, 0.3) is 0 Å². The molecule has 0 unspecified atom stereocenters. The summed E-state index contributed by atoms with van der Waals surface area (Å²) in [6.45, 7) is 2.92. The van der Waals surface area contributed by atoms with Gasteiger partial charge in [0.1, 0.15) is 17.3 Å². The topological polar surface area (TPSA) is 109 Å². The second-order valence-corrected chi connectivity index (χ2v) is 8.85. The highest BCUT2D eigenvalue weighted by atomic mass is 32.2. The Bertz CT molecular complexity index is 1160. The smallest absolute Gasteiger partial charge is 0.247 e. The number of piperidine rings is 1. The van der Waals surface area contributed by atoms with Gasteiger partial charge in [0.05, 0.1) is 6.20 Å². The molecule has 0 aromatic carbocycles. The molecule has 1 aliphatic heterocycles. The zero-order chi connectivity index (χ0) is 19.9. The normalized spacial score (nSPS) is 16.5. The third-order valence-corrected chi connectivity index (χ3v) is 7.34. The van der Waals surface area contributed by atoms with Crippen LogP contribution in [0.25, 0.3) is 5.65 Å². The molecule has 9 nitrogen and oxygen atoms in total. The van der Waals surface area contributed by atoms with Gasteiger partial charge in [-0.2, -0.15) is 19.8 Å². The maximum absolute atomic E-state index is 13.0. The van der Waals surface area contributed by atoms with E-state index in [1.54, 1.807) is 11.6 Å². The van der Waals surface area contributed by atoms with E-state index in [1.807, 2.05) is 12.3 Å². The molecule has 10 heteroatoms. The van der Waals surface area contributed by atoms with Crippen LogP contribution in [0.1, 0.15) is 42.5 Å². The molecule has 146 valence electrons. The number of rotatable bonds is 4. The van der Waals surface area contributed by atoms with E-state index < -0.39 is 10.0 Å². The predicted octanol–water partition coefficient (Wildman–Crippen LogP) is 1.47. The molecule has 3 aromatic rings. The van der Waals surface area contributed by atoms with Gasteiger partial charge in [0.2, 0.25) is 10.0 Å². The monoisotopic (exact) mass is 399 g/mol. The summed E-state index contributed by atoms with van der Waals surface area (Å²) in [5.41, 5.74) is 3.31. The zero-order valence-corrected chi connectivity index (χ0v) is 16.6. The number of nitriles is 1. The molecule has 0 N–H and O–H groups in total. The molecule has 4 heterocycles. The summed E-state index contributed by atoms with van der Waals surface area (Å²) in [5, 5.41) is 17.4. The van der Waals surface area contributed by atoms with Crippen LogP contribution in [0, 0.1) is 11.3 Å². The number of hydrogen-bond donors (Lipinski definition) is 0. The van der Waals surface area contributed by atoms with E-state index in [4.69, 9.17) is 0 Å². The summed E-state index contributed by atoms with van der Waals surface area (Å²) >= 11 is 0. The lowest BCUT2D eigenvalue weighted by Gasteiger charge is -2.32. The van der Waals surface area contributed by atoms with Gasteiger partial charge in [-0.15, -0.1) is 0 Å². The Kier molecular flexibility index (Phi) is 4.64. The van der Waals surface area contributed by atoms with Crippen molar-refractivity contribution in [3.05, 3.63) is 41.6 Å². The average Bonchev–Trinajstić information content (AvgIpc) is 3.32. The summed E-state index contributed by atoms with van der Waals surface area (Å²) < 4.78 is 30.5. The summed E-state index contributed by atoms with van der Waals surface area (Å²) in [6, 6.07) is 3.99. The summed E-state index contributed by atoms with van der Waals surface area (Å²) in [6.07, 6.45) is 7.13. The maximum atomic E-state index is 13.0. The Morgan fingerprint density at radius 2 is 2.04 bits per heavy atom. The van der Waals surface area contributed by atoms with Crippen molar-refractivity contribution in [2.24, 2.45) is 7.05 Å². The molecule has 0 amide bonds. The highest BCUT2D eigenvalue weighted by Crippen LogP contribution is 2.33. The number of hydrogen-bond acceptors (Lipinski definition) is 6. The highest BCUT2D eigenvalue weighted by Gasteiger charge is 2.33. The number of fused-ring (bicyclic) bond motifs is 1. The van der Waals surface area contributed by atoms with Crippen molar-refractivity contribution in [1.29, 1.82) is 5.26 Å². The first-order chi connectivity index (χ1) is 13.5. The molecular formula is C18H21N7O2S. The van der Waals surface area contributed by atoms with Crippen molar-refractivity contribution in [3.8, 4) is 6.07 Å². The molecule has 0 bridgehead atoms. The lowest BCUT2D eigenvalue weighted by molar-refractivity contribution is 0.318. The van der Waals surface area contributed by atoms with Crippen molar-refractivity contribution in [3.63, 3.8) is 0 Å². The summed E-state index contributed by atoms with van der Waals surface area (Å²) in [5.74, 6) is 0.263. The van der Waals surface area contributed by atoms with Crippen molar-refractivity contribution >= 4 is 15.7 Å². The lowest BCUT2D eigenvalue weighted by atomic mass is 9.87. The third kappa shape index (κ3) is 2.96. The van der Waals surface area contributed by atoms with Gasteiger partial charge in [-0.1, -0.05) is 6.92 Å². The molecular weight excluding hydrogens is 378 g/mol. The SMILES string of the molecule is CCc1cc2ncnn2cc1C1CCN(S(=O)(=O)c2cnn(C)c2C#N)CC1. The molecule has 0 saturated carbocycles. The van der Waals surface area contributed by atoms with E-state index in [-0.39, 0.29) is 16.5 Å². The van der Waals surface area contributed by atoms with Crippen LogP contribution >= 0.6 is 0 Å². The number of pyridine rings is 1. The van der Waals surface area contributed by atoms with Crippen molar-refractivity contribution < 1.29 is 8.42 Å². The van der Waals surface area contributed by atoms with Crippen molar-refractivity contribution in [2.45, 2.75) is 37.0 Å². The Hall–Kier alpha value is -2.77. The molecule has 3 aromatic heterocycles. The van der Waals surface area contributed by atoms with Crippen LogP contribution in [0.4, 0.5) is 0 Å². The quantitative estimate of drug-likeness (QED) is 0.657. The zero-order valence-electron chi connectivity index (χ0n) is 15.8. The van der Waals surface area contributed by atoms with E-state index in [0.717, 1.165) is 12.1 Å². The molecule has 0 spiro atoms. The summed E-state index contributed by atoms with van der Waals surface area (Å²) in [4.78, 5) is 4.22. The van der Waals surface area contributed by atoms with Crippen LogP contribution in [0.5, 0.6) is 0 Å². The lowest BCUT2D eigenvalue weighted by Crippen LogP contribution is -2.38. The van der Waals surface area contributed by atoms with Crippen LogP contribution < -0.4 is 0 Å². The molecule has 1 fully saturated rings. The Morgan fingerprint density at radius 1 is 1.29 bits per heavy atom. The van der Waals surface area contributed by atoms with E-state index >= 15 is 0 Å². The molecule has 0 radical (unpaired) electrons. The van der Waals surface area contributed by atoms with Crippen LogP contribution in [0.3, 0.4) is 0 Å². The molecule has 28 heavy (non-hydrogen) atoms. The molecule has 0 aliphatic carbocycles. The maximum Gasteiger partial charge on any atom is 0.247 e. The minimum absolute atomic E-state index is 0.0192. The van der Waals surface area contributed by atoms with Gasteiger partial charge in [0.15, 0.2) is 11.3 Å². The fourth-order valence-corrected chi connectivity index (χ4v) is 5.44. The minimum Gasteiger partial charge on any atom is -0.257 e. The van der Waals surface area contributed by atoms with E-state index in [2.05, 4.69) is 28.2 Å². The molecule has 1 saturated heterocycles. The Balaban J connectivity index is 1.57. The minimum atomic E-state index is -3.73. The summed E-state index contributed by atoms with van der Waals surface area (Å²) in [7, 11) is -2.17. The van der Waals surface area contributed by atoms with Gasteiger partial charge in [0, 0.05) is 26.3 Å².